The third kappa shape index (κ3) is 2.57. The summed E-state index contributed by atoms with van der Waals surface area (Å²) in [5.41, 5.74) is 1.28. The number of hydrogen-bond acceptors (Lipinski definition) is 3. The van der Waals surface area contributed by atoms with Crippen LogP contribution < -0.4 is 4.74 Å². The van der Waals surface area contributed by atoms with E-state index in [9.17, 15) is 4.79 Å². The minimum absolute atomic E-state index is 0.134. The zero-order valence-corrected chi connectivity index (χ0v) is 15.1. The first-order chi connectivity index (χ1) is 7.68. The second-order valence-corrected chi connectivity index (χ2v) is 9.07. The number of benzene rings is 1. The van der Waals surface area contributed by atoms with E-state index >= 15 is 0 Å². The maximum absolute atomic E-state index is 10.7. The minimum atomic E-state index is -1.52. The first kappa shape index (κ1) is 11.9. The fraction of sp³-hybridized carbons (Fsp3) is 0.417. The third-order valence-electron chi connectivity index (χ3n) is 2.95. The Bertz CT molecular complexity index is 392. The fourth-order valence-corrected chi connectivity index (χ4v) is 6.94. The van der Waals surface area contributed by atoms with Crippen LogP contribution in [0.5, 0.6) is 5.75 Å². The van der Waals surface area contributed by atoms with E-state index in [1.165, 1.54) is 12.5 Å². The molecule has 0 amide bonds. The van der Waals surface area contributed by atoms with Crippen LogP contribution in [0, 0.1) is 0 Å². The average molecular weight is 407 g/mol. The molecule has 0 bridgehead atoms. The Balaban J connectivity index is 1.94. The molecule has 2 rings (SSSR count). The summed E-state index contributed by atoms with van der Waals surface area (Å²) in [6.07, 6.45) is 0.221. The summed E-state index contributed by atoms with van der Waals surface area (Å²) in [6.45, 7) is 3.66. The molecule has 1 heterocycles. The van der Waals surface area contributed by atoms with Crippen molar-refractivity contribution in [2.75, 3.05) is 0 Å². The van der Waals surface area contributed by atoms with Crippen LogP contribution in [-0.4, -0.2) is 12.1 Å². The fourth-order valence-electron chi connectivity index (χ4n) is 2.06. The first-order valence-corrected chi connectivity index (χ1v) is 11.7. The van der Waals surface area contributed by atoms with E-state index in [1.807, 2.05) is 18.2 Å². The molecule has 0 saturated carbocycles. The summed E-state index contributed by atoms with van der Waals surface area (Å²) in [5, 5.41) is 0. The Labute approximate surface area is 108 Å². The number of fused-ring (bicyclic) bond motifs is 1. The Hall–Kier alpha value is -0.575. The second-order valence-electron chi connectivity index (χ2n) is 4.11. The van der Waals surface area contributed by atoms with Gasteiger partial charge in [0.1, 0.15) is 0 Å². The number of para-hydroxylation sites is 1. The van der Waals surface area contributed by atoms with Crippen LogP contribution >= 0.6 is 0 Å². The van der Waals surface area contributed by atoms with Crippen molar-refractivity contribution in [1.82, 2.24) is 0 Å². The predicted molar refractivity (Wildman–Crippen MR) is 55.8 cm³/mol. The molecule has 0 saturated heterocycles. The molecule has 0 aromatic heterocycles. The standard InChI is InChI=1S/C10H11O.C2H4O2.Hg/c1-7-8(2)11-10-6-4-3-5-9(7)10;1-2(3)4;/h3-8H,2H2,1H3;1H3,(H,3,4);/q;;+1/p-1/t7-,8-;;/m0../s1. The Morgan fingerprint density at radius 3 is 2.94 bits per heavy atom. The molecule has 1 aromatic rings. The summed E-state index contributed by atoms with van der Waals surface area (Å²) in [6, 6.07) is 8.15. The van der Waals surface area contributed by atoms with Gasteiger partial charge in [-0.2, -0.15) is 0 Å². The molecule has 0 aliphatic carbocycles. The molecule has 0 N–H and O–H groups in total. The molecule has 2 atom stereocenters. The van der Waals surface area contributed by atoms with E-state index in [2.05, 4.69) is 13.0 Å². The van der Waals surface area contributed by atoms with Gasteiger partial charge in [0, 0.05) is 0 Å². The van der Waals surface area contributed by atoms with Crippen molar-refractivity contribution in [2.45, 2.75) is 29.8 Å². The molecule has 0 radical (unpaired) electrons. The quantitative estimate of drug-likeness (QED) is 0.724. The first-order valence-electron chi connectivity index (χ1n) is 5.57. The molecule has 4 heteroatoms. The molecule has 16 heavy (non-hydrogen) atoms. The summed E-state index contributed by atoms with van der Waals surface area (Å²) < 4.78 is 12.0. The molecular formula is C12H14HgO3. The maximum atomic E-state index is 10.7. The average Bonchev–Trinajstić information content (AvgIpc) is 2.56. The monoisotopic (exact) mass is 408 g/mol. The number of hydrogen-bond donors (Lipinski definition) is 0. The van der Waals surface area contributed by atoms with E-state index < -0.39 is 25.0 Å². The van der Waals surface area contributed by atoms with Crippen molar-refractivity contribution in [1.29, 1.82) is 0 Å². The molecule has 0 spiro atoms. The second kappa shape index (κ2) is 5.17. The summed E-state index contributed by atoms with van der Waals surface area (Å²) >= 11 is -1.52. The van der Waals surface area contributed by atoms with Gasteiger partial charge in [-0.05, 0) is 0 Å². The van der Waals surface area contributed by atoms with Gasteiger partial charge in [0.15, 0.2) is 0 Å². The van der Waals surface area contributed by atoms with Gasteiger partial charge in [0.25, 0.3) is 0 Å². The molecule has 3 nitrogen and oxygen atoms in total. The number of ether oxygens (including phenoxy) is 1. The van der Waals surface area contributed by atoms with Crippen molar-refractivity contribution < 1.29 is 37.2 Å². The van der Waals surface area contributed by atoms with E-state index in [-0.39, 0.29) is 12.1 Å². The van der Waals surface area contributed by atoms with Gasteiger partial charge in [0.05, 0.1) is 0 Å². The van der Waals surface area contributed by atoms with Gasteiger partial charge in [-0.3, -0.25) is 0 Å². The number of carbonyl (C=O) groups excluding carboxylic acids is 1. The Kier molecular flexibility index (Phi) is 3.84. The zero-order chi connectivity index (χ0) is 11.5. The topological polar surface area (TPSA) is 35.5 Å². The summed E-state index contributed by atoms with van der Waals surface area (Å²) in [5.74, 6) is 1.29. The molecular weight excluding hydrogens is 393 g/mol. The van der Waals surface area contributed by atoms with Crippen LogP contribution in [0.3, 0.4) is 0 Å². The van der Waals surface area contributed by atoms with Crippen LogP contribution in [0.25, 0.3) is 0 Å². The molecule has 0 unspecified atom stereocenters. The van der Waals surface area contributed by atoms with Crippen molar-refractivity contribution in [3.05, 3.63) is 29.8 Å². The van der Waals surface area contributed by atoms with E-state index in [1.54, 1.807) is 0 Å². The van der Waals surface area contributed by atoms with Crippen LogP contribution in [0.1, 0.15) is 25.3 Å². The van der Waals surface area contributed by atoms with Gasteiger partial charge < -0.3 is 0 Å². The van der Waals surface area contributed by atoms with Crippen LogP contribution in [-0.2, 0) is 32.5 Å². The number of carbonyl (C=O) groups is 1. The molecule has 1 aliphatic rings. The molecule has 1 aromatic carbocycles. The van der Waals surface area contributed by atoms with Crippen molar-refractivity contribution >= 4 is 5.97 Å². The van der Waals surface area contributed by atoms with Gasteiger partial charge in [-0.1, -0.05) is 0 Å². The number of rotatable bonds is 3. The third-order valence-corrected chi connectivity index (χ3v) is 8.46. The van der Waals surface area contributed by atoms with Crippen LogP contribution in [0.15, 0.2) is 24.3 Å². The molecule has 0 fully saturated rings. The van der Waals surface area contributed by atoms with Gasteiger partial charge in [-0.15, -0.1) is 0 Å². The van der Waals surface area contributed by atoms with Crippen molar-refractivity contribution in [2.24, 2.45) is 0 Å². The zero-order valence-electron chi connectivity index (χ0n) is 9.60. The Morgan fingerprint density at radius 1 is 1.50 bits per heavy atom. The van der Waals surface area contributed by atoms with Crippen molar-refractivity contribution in [3.8, 4) is 5.75 Å². The summed E-state index contributed by atoms with van der Waals surface area (Å²) in [4.78, 5) is 10.7. The predicted octanol–water partition coefficient (Wildman–Crippen LogP) is 2.53. The molecule has 1 aliphatic heterocycles. The van der Waals surface area contributed by atoms with E-state index in [0.717, 1.165) is 9.68 Å². The van der Waals surface area contributed by atoms with Gasteiger partial charge in [0.2, 0.25) is 0 Å². The summed E-state index contributed by atoms with van der Waals surface area (Å²) in [7, 11) is 0. The van der Waals surface area contributed by atoms with Crippen LogP contribution in [0.4, 0.5) is 0 Å². The van der Waals surface area contributed by atoms with E-state index in [0.29, 0.717) is 5.92 Å². The van der Waals surface area contributed by atoms with E-state index in [4.69, 9.17) is 7.38 Å². The SMILES string of the molecule is CC(=O)[O][Hg][CH2][C@@H]1Oc2ccccc2[C@H]1C. The Morgan fingerprint density at radius 2 is 2.25 bits per heavy atom. The van der Waals surface area contributed by atoms with Gasteiger partial charge in [-0.25, -0.2) is 0 Å². The van der Waals surface area contributed by atoms with Crippen molar-refractivity contribution in [3.63, 3.8) is 0 Å². The normalized spacial score (nSPS) is 21.9. The molecule has 82 valence electrons. The van der Waals surface area contributed by atoms with Gasteiger partial charge >= 0.3 is 109 Å². The van der Waals surface area contributed by atoms with Crippen LogP contribution in [0.2, 0.25) is 3.93 Å².